The Bertz CT molecular complexity index is 1030. The molecular formula is C20H15F2N3O3. The van der Waals surface area contributed by atoms with Crippen LogP contribution < -0.4 is 20.1 Å². The molecule has 6 nitrogen and oxygen atoms in total. The molecule has 8 heteroatoms. The highest BCUT2D eigenvalue weighted by atomic mass is 19.2. The summed E-state index contributed by atoms with van der Waals surface area (Å²) in [5.74, 6) is -1.10. The summed E-state index contributed by atoms with van der Waals surface area (Å²) < 4.78 is 36.8. The minimum absolute atomic E-state index is 0.149. The Morgan fingerprint density at radius 1 is 0.964 bits per heavy atom. The normalized spacial score (nSPS) is 11.9. The summed E-state index contributed by atoms with van der Waals surface area (Å²) in [6, 6.07) is 12.1. The van der Waals surface area contributed by atoms with Crippen molar-refractivity contribution in [3.63, 3.8) is 0 Å². The molecule has 3 aromatic rings. The summed E-state index contributed by atoms with van der Waals surface area (Å²) in [6.45, 7) is 0.767. The van der Waals surface area contributed by atoms with E-state index in [-0.39, 0.29) is 18.2 Å². The zero-order valence-electron chi connectivity index (χ0n) is 14.5. The van der Waals surface area contributed by atoms with Gasteiger partial charge in [0.1, 0.15) is 5.69 Å². The maximum absolute atomic E-state index is 13.2. The highest BCUT2D eigenvalue weighted by Crippen LogP contribution is 2.32. The molecular weight excluding hydrogens is 368 g/mol. The Kier molecular flexibility index (Phi) is 4.76. The summed E-state index contributed by atoms with van der Waals surface area (Å²) in [7, 11) is 0. The van der Waals surface area contributed by atoms with Crippen molar-refractivity contribution in [2.45, 2.75) is 6.54 Å². The first-order valence-corrected chi connectivity index (χ1v) is 8.43. The standard InChI is InChI=1S/C20H15F2N3O3/c21-15-4-2-13(8-16(15)22)25-20(26)17-5-3-14(10-24-17)23-9-12-1-6-18-19(7-12)28-11-27-18/h1-8,10,23H,9,11H2,(H,25,26). The van der Waals surface area contributed by atoms with E-state index in [0.717, 1.165) is 29.1 Å². The number of nitrogens with zero attached hydrogens (tertiary/aromatic N) is 1. The summed E-state index contributed by atoms with van der Waals surface area (Å²) in [6.07, 6.45) is 1.52. The molecule has 0 fully saturated rings. The third-order valence-corrected chi connectivity index (χ3v) is 4.11. The fourth-order valence-electron chi connectivity index (χ4n) is 2.66. The molecule has 0 spiro atoms. The Labute approximate surface area is 159 Å². The molecule has 0 saturated heterocycles. The first-order valence-electron chi connectivity index (χ1n) is 8.43. The second-order valence-corrected chi connectivity index (χ2v) is 6.06. The average Bonchev–Trinajstić information content (AvgIpc) is 3.17. The van der Waals surface area contributed by atoms with Crippen LogP contribution in [0.5, 0.6) is 11.5 Å². The first-order chi connectivity index (χ1) is 13.6. The zero-order chi connectivity index (χ0) is 19.5. The number of carbonyl (C=O) groups excluding carboxylic acids is 1. The van der Waals surface area contributed by atoms with Crippen molar-refractivity contribution in [3.05, 3.63) is 77.6 Å². The zero-order valence-corrected chi connectivity index (χ0v) is 14.5. The number of hydrogen-bond donors (Lipinski definition) is 2. The molecule has 1 aliphatic heterocycles. The number of carbonyl (C=O) groups is 1. The fraction of sp³-hybridized carbons (Fsp3) is 0.100. The molecule has 2 N–H and O–H groups in total. The van der Waals surface area contributed by atoms with Crippen molar-refractivity contribution in [1.29, 1.82) is 0 Å². The lowest BCUT2D eigenvalue weighted by Crippen LogP contribution is -2.14. The van der Waals surface area contributed by atoms with Crippen LogP contribution in [0.1, 0.15) is 16.1 Å². The Hall–Kier alpha value is -3.68. The van der Waals surface area contributed by atoms with Crippen molar-refractivity contribution < 1.29 is 23.0 Å². The number of anilines is 2. The van der Waals surface area contributed by atoms with Crippen LogP contribution in [0.3, 0.4) is 0 Å². The van der Waals surface area contributed by atoms with E-state index in [9.17, 15) is 13.6 Å². The first kappa shape index (κ1) is 17.7. The van der Waals surface area contributed by atoms with Crippen LogP contribution in [0.25, 0.3) is 0 Å². The van der Waals surface area contributed by atoms with Gasteiger partial charge in [0, 0.05) is 18.3 Å². The number of pyridine rings is 1. The number of halogens is 2. The van der Waals surface area contributed by atoms with Crippen LogP contribution in [0.2, 0.25) is 0 Å². The summed E-state index contributed by atoms with van der Waals surface area (Å²) in [5.41, 5.74) is 2.03. The van der Waals surface area contributed by atoms with Gasteiger partial charge in [0.15, 0.2) is 23.1 Å². The maximum atomic E-state index is 13.2. The molecule has 2 aromatic carbocycles. The molecule has 0 bridgehead atoms. The number of benzene rings is 2. The monoisotopic (exact) mass is 383 g/mol. The number of ether oxygens (including phenoxy) is 2. The smallest absolute Gasteiger partial charge is 0.274 e. The van der Waals surface area contributed by atoms with Crippen molar-refractivity contribution >= 4 is 17.3 Å². The Morgan fingerprint density at radius 2 is 1.79 bits per heavy atom. The van der Waals surface area contributed by atoms with Gasteiger partial charge in [-0.2, -0.15) is 0 Å². The van der Waals surface area contributed by atoms with Crippen molar-refractivity contribution in [3.8, 4) is 11.5 Å². The lowest BCUT2D eigenvalue weighted by molar-refractivity contribution is 0.102. The van der Waals surface area contributed by atoms with Gasteiger partial charge in [-0.15, -0.1) is 0 Å². The van der Waals surface area contributed by atoms with E-state index in [4.69, 9.17) is 9.47 Å². The largest absolute Gasteiger partial charge is 0.454 e. The highest BCUT2D eigenvalue weighted by molar-refractivity contribution is 6.02. The van der Waals surface area contributed by atoms with Crippen LogP contribution in [-0.4, -0.2) is 17.7 Å². The Morgan fingerprint density at radius 3 is 2.57 bits per heavy atom. The predicted molar refractivity (Wildman–Crippen MR) is 98.4 cm³/mol. The van der Waals surface area contributed by atoms with Gasteiger partial charge >= 0.3 is 0 Å². The second-order valence-electron chi connectivity index (χ2n) is 6.06. The van der Waals surface area contributed by atoms with Gasteiger partial charge in [-0.3, -0.25) is 4.79 Å². The van der Waals surface area contributed by atoms with E-state index >= 15 is 0 Å². The third-order valence-electron chi connectivity index (χ3n) is 4.11. The van der Waals surface area contributed by atoms with E-state index in [0.29, 0.717) is 12.3 Å². The van der Waals surface area contributed by atoms with Crippen molar-refractivity contribution in [1.82, 2.24) is 4.98 Å². The number of aromatic nitrogens is 1. The summed E-state index contributed by atoms with van der Waals surface area (Å²) >= 11 is 0. The predicted octanol–water partition coefficient (Wildman–Crippen LogP) is 3.95. The number of fused-ring (bicyclic) bond motifs is 1. The second kappa shape index (κ2) is 7.51. The van der Waals surface area contributed by atoms with Gasteiger partial charge in [-0.1, -0.05) is 6.07 Å². The van der Waals surface area contributed by atoms with E-state index in [1.807, 2.05) is 18.2 Å². The number of hydrogen-bond acceptors (Lipinski definition) is 5. The van der Waals surface area contributed by atoms with Crippen molar-refractivity contribution in [2.24, 2.45) is 0 Å². The van der Waals surface area contributed by atoms with Gasteiger partial charge in [0.2, 0.25) is 6.79 Å². The van der Waals surface area contributed by atoms with Gasteiger partial charge in [0.25, 0.3) is 5.91 Å². The quantitative estimate of drug-likeness (QED) is 0.698. The molecule has 0 aliphatic carbocycles. The topological polar surface area (TPSA) is 72.5 Å². The van der Waals surface area contributed by atoms with E-state index in [2.05, 4.69) is 15.6 Å². The van der Waals surface area contributed by atoms with Crippen LogP contribution in [0, 0.1) is 11.6 Å². The molecule has 0 unspecified atom stereocenters. The van der Waals surface area contributed by atoms with Gasteiger partial charge in [-0.05, 0) is 42.0 Å². The highest BCUT2D eigenvalue weighted by Gasteiger charge is 2.13. The van der Waals surface area contributed by atoms with Crippen LogP contribution in [0.15, 0.2) is 54.7 Å². The number of rotatable bonds is 5. The minimum atomic E-state index is -1.03. The molecule has 1 amide bonds. The molecule has 28 heavy (non-hydrogen) atoms. The molecule has 4 rings (SSSR count). The van der Waals surface area contributed by atoms with Gasteiger partial charge in [0.05, 0.1) is 11.9 Å². The molecule has 0 atom stereocenters. The summed E-state index contributed by atoms with van der Waals surface area (Å²) in [5, 5.41) is 5.67. The number of nitrogens with one attached hydrogen (secondary N) is 2. The van der Waals surface area contributed by atoms with Crippen LogP contribution in [-0.2, 0) is 6.54 Å². The molecule has 0 radical (unpaired) electrons. The van der Waals surface area contributed by atoms with Gasteiger partial charge in [-0.25, -0.2) is 13.8 Å². The maximum Gasteiger partial charge on any atom is 0.274 e. The Balaban J connectivity index is 1.36. The molecule has 142 valence electrons. The third kappa shape index (κ3) is 3.85. The SMILES string of the molecule is O=C(Nc1ccc(F)c(F)c1)c1ccc(NCc2ccc3c(c2)OCO3)cn1. The molecule has 1 aromatic heterocycles. The van der Waals surface area contributed by atoms with E-state index in [1.165, 1.54) is 18.3 Å². The average molecular weight is 383 g/mol. The van der Waals surface area contributed by atoms with E-state index < -0.39 is 17.5 Å². The molecule has 1 aliphatic rings. The minimum Gasteiger partial charge on any atom is -0.454 e. The van der Waals surface area contributed by atoms with Gasteiger partial charge < -0.3 is 20.1 Å². The lowest BCUT2D eigenvalue weighted by Gasteiger charge is -2.08. The molecule has 2 heterocycles. The van der Waals surface area contributed by atoms with Crippen molar-refractivity contribution in [2.75, 3.05) is 17.4 Å². The molecule has 0 saturated carbocycles. The van der Waals surface area contributed by atoms with Crippen LogP contribution >= 0.6 is 0 Å². The van der Waals surface area contributed by atoms with E-state index in [1.54, 1.807) is 6.07 Å². The number of amides is 1. The van der Waals surface area contributed by atoms with Crippen LogP contribution in [0.4, 0.5) is 20.2 Å². The summed E-state index contributed by atoms with van der Waals surface area (Å²) in [4.78, 5) is 16.3. The lowest BCUT2D eigenvalue weighted by atomic mass is 10.2. The fourth-order valence-corrected chi connectivity index (χ4v) is 2.66.